The number of carbonyl (C=O) groups excluding carboxylic acids is 1. The maximum absolute atomic E-state index is 12.5. The third-order valence-electron chi connectivity index (χ3n) is 5.80. The summed E-state index contributed by atoms with van der Waals surface area (Å²) in [5.41, 5.74) is 3.96. The summed E-state index contributed by atoms with van der Waals surface area (Å²) in [4.78, 5) is 23.6. The average Bonchev–Trinajstić information content (AvgIpc) is 3.36. The third kappa shape index (κ3) is 5.22. The van der Waals surface area contributed by atoms with Gasteiger partial charge in [-0.3, -0.25) is 5.32 Å². The number of aromatic nitrogens is 1. The highest BCUT2D eigenvalue weighted by Crippen LogP contribution is 2.37. The molecule has 1 aliphatic rings. The van der Waals surface area contributed by atoms with Crippen molar-refractivity contribution in [3.63, 3.8) is 0 Å². The quantitative estimate of drug-likeness (QED) is 0.308. The Bertz CT molecular complexity index is 1450. The van der Waals surface area contributed by atoms with Crippen molar-refractivity contribution in [3.8, 4) is 33.9 Å². The van der Waals surface area contributed by atoms with Gasteiger partial charge in [0.1, 0.15) is 30.4 Å². The highest BCUT2D eigenvalue weighted by atomic mass is 35.5. The van der Waals surface area contributed by atoms with E-state index in [1.165, 1.54) is 6.26 Å². The van der Waals surface area contributed by atoms with E-state index in [4.69, 9.17) is 35.4 Å². The average molecular weight is 521 g/mol. The van der Waals surface area contributed by atoms with Crippen molar-refractivity contribution >= 4 is 29.4 Å². The van der Waals surface area contributed by atoms with Crippen molar-refractivity contribution in [1.82, 2.24) is 5.16 Å². The molecule has 4 aromatic rings. The number of aliphatic carboxylic acids is 1. The number of ether oxygens (including phenoxy) is 3. The van der Waals surface area contributed by atoms with E-state index < -0.39 is 24.3 Å². The van der Waals surface area contributed by atoms with Crippen LogP contribution in [0.25, 0.3) is 22.4 Å². The lowest BCUT2D eigenvalue weighted by molar-refractivity contribution is -0.147. The highest BCUT2D eigenvalue weighted by molar-refractivity contribution is 6.31. The van der Waals surface area contributed by atoms with Crippen molar-refractivity contribution in [2.75, 3.05) is 11.9 Å². The number of rotatable bonds is 6. The molecular formula is C27H21ClN2O7. The smallest absolute Gasteiger partial charge is 0.412 e. The molecule has 5 rings (SSSR count). The molecule has 37 heavy (non-hydrogen) atoms. The Kier molecular flexibility index (Phi) is 6.70. The monoisotopic (exact) mass is 520 g/mol. The van der Waals surface area contributed by atoms with Gasteiger partial charge in [0.2, 0.25) is 6.10 Å². The van der Waals surface area contributed by atoms with Crippen molar-refractivity contribution in [1.29, 1.82) is 0 Å². The molecule has 0 fully saturated rings. The van der Waals surface area contributed by atoms with Gasteiger partial charge in [-0.05, 0) is 36.2 Å². The summed E-state index contributed by atoms with van der Waals surface area (Å²) in [6, 6.07) is 19.9. The molecular weight excluding hydrogens is 500 g/mol. The second-order valence-electron chi connectivity index (χ2n) is 8.27. The van der Waals surface area contributed by atoms with Crippen LogP contribution < -0.4 is 14.8 Å². The van der Waals surface area contributed by atoms with Gasteiger partial charge >= 0.3 is 12.1 Å². The summed E-state index contributed by atoms with van der Waals surface area (Å²) >= 11 is 6.19. The van der Waals surface area contributed by atoms with E-state index in [1.807, 2.05) is 36.4 Å². The maximum Gasteiger partial charge on any atom is 0.412 e. The normalized spacial score (nSPS) is 15.0. The summed E-state index contributed by atoms with van der Waals surface area (Å²) in [5.74, 6) is -0.213. The van der Waals surface area contributed by atoms with Gasteiger partial charge in [0, 0.05) is 16.1 Å². The molecule has 0 saturated heterocycles. The van der Waals surface area contributed by atoms with E-state index in [0.29, 0.717) is 39.0 Å². The number of halogens is 1. The Morgan fingerprint density at radius 2 is 1.78 bits per heavy atom. The fraction of sp³-hybridized carbons (Fsp3) is 0.148. The molecule has 1 aliphatic heterocycles. The lowest BCUT2D eigenvalue weighted by Crippen LogP contribution is -2.36. The van der Waals surface area contributed by atoms with Gasteiger partial charge in [-0.25, -0.2) is 9.59 Å². The number of fused-ring (bicyclic) bond motifs is 1. The van der Waals surface area contributed by atoms with Gasteiger partial charge < -0.3 is 23.8 Å². The molecule has 0 bridgehead atoms. The lowest BCUT2D eigenvalue weighted by Gasteiger charge is -2.24. The second-order valence-corrected chi connectivity index (χ2v) is 8.67. The van der Waals surface area contributed by atoms with E-state index >= 15 is 0 Å². The first-order chi connectivity index (χ1) is 17.9. The molecule has 0 radical (unpaired) electrons. The number of anilines is 1. The van der Waals surface area contributed by atoms with Gasteiger partial charge in [0.25, 0.3) is 0 Å². The summed E-state index contributed by atoms with van der Waals surface area (Å²) in [6.07, 6.45) is -0.928. The van der Waals surface area contributed by atoms with Crippen LogP contribution >= 0.6 is 11.6 Å². The zero-order valence-corrected chi connectivity index (χ0v) is 20.3. The first-order valence-corrected chi connectivity index (χ1v) is 11.7. The van der Waals surface area contributed by atoms with Crippen molar-refractivity contribution < 1.29 is 33.4 Å². The van der Waals surface area contributed by atoms with Crippen molar-refractivity contribution in [2.24, 2.45) is 0 Å². The van der Waals surface area contributed by atoms with Crippen LogP contribution in [-0.2, 0) is 9.53 Å². The number of nitrogens with one attached hydrogen (secondary N) is 1. The molecule has 2 N–H and O–H groups in total. The first kappa shape index (κ1) is 24.2. The third-order valence-corrected chi connectivity index (χ3v) is 6.15. The van der Waals surface area contributed by atoms with Gasteiger partial charge in [-0.2, -0.15) is 0 Å². The molecule has 2 unspecified atom stereocenters. The van der Waals surface area contributed by atoms with E-state index in [0.717, 1.165) is 11.1 Å². The number of carbonyl (C=O) groups is 2. The van der Waals surface area contributed by atoms with Crippen LogP contribution in [-0.4, -0.2) is 35.0 Å². The lowest BCUT2D eigenvalue weighted by atomic mass is 10.0. The number of amides is 1. The minimum absolute atomic E-state index is 0.0632. The van der Waals surface area contributed by atoms with Crippen LogP contribution in [0.2, 0.25) is 5.02 Å². The molecule has 0 aliphatic carbocycles. The fourth-order valence-electron chi connectivity index (χ4n) is 3.89. The first-order valence-electron chi connectivity index (χ1n) is 11.3. The summed E-state index contributed by atoms with van der Waals surface area (Å²) in [5, 5.41) is 16.3. The largest absolute Gasteiger partial charge is 0.485 e. The fourth-order valence-corrected chi connectivity index (χ4v) is 4.18. The van der Waals surface area contributed by atoms with Crippen LogP contribution in [0.5, 0.6) is 11.5 Å². The second kappa shape index (κ2) is 10.2. The van der Waals surface area contributed by atoms with Crippen molar-refractivity contribution in [2.45, 2.75) is 19.1 Å². The van der Waals surface area contributed by atoms with Crippen molar-refractivity contribution in [3.05, 3.63) is 83.6 Å². The molecule has 1 amide bonds. The zero-order valence-electron chi connectivity index (χ0n) is 19.5. The number of hydrogen-bond donors (Lipinski definition) is 2. The zero-order chi connectivity index (χ0) is 25.9. The Balaban J connectivity index is 1.28. The Hall–Kier alpha value is -4.50. The summed E-state index contributed by atoms with van der Waals surface area (Å²) < 4.78 is 21.6. The molecule has 9 nitrogen and oxygen atoms in total. The van der Waals surface area contributed by atoms with Crippen LogP contribution in [0.3, 0.4) is 0 Å². The Labute approximate surface area is 216 Å². The molecule has 3 aromatic carbocycles. The summed E-state index contributed by atoms with van der Waals surface area (Å²) in [7, 11) is 0. The molecule has 0 saturated carbocycles. The summed E-state index contributed by atoms with van der Waals surface area (Å²) in [6.45, 7) is 1.67. The van der Waals surface area contributed by atoms with Crippen LogP contribution in [0, 0.1) is 0 Å². The standard InChI is InChI=1S/C27H21ClN2O7/c1-15(19-4-2-3-5-20(19)28)36-27(33)29-21-13-35-30-25(21)17-8-6-16(7-9-17)18-10-11-22-23(12-18)34-14-24(37-22)26(31)32/h2-13,15,24H,14H2,1H3,(H,29,33)(H,31,32). The molecule has 1 aromatic heterocycles. The molecule has 10 heteroatoms. The minimum atomic E-state index is -1.07. The molecule has 2 heterocycles. The van der Waals surface area contributed by atoms with Gasteiger partial charge in [0.15, 0.2) is 11.5 Å². The van der Waals surface area contributed by atoms with Gasteiger partial charge in [-0.15, -0.1) is 0 Å². The highest BCUT2D eigenvalue weighted by Gasteiger charge is 2.27. The number of carboxylic acid groups (broad SMARTS) is 1. The van der Waals surface area contributed by atoms with E-state index in [9.17, 15) is 9.59 Å². The molecule has 188 valence electrons. The predicted molar refractivity (Wildman–Crippen MR) is 135 cm³/mol. The topological polar surface area (TPSA) is 120 Å². The Morgan fingerprint density at radius 3 is 2.54 bits per heavy atom. The van der Waals surface area contributed by atoms with Crippen LogP contribution in [0.15, 0.2) is 77.5 Å². The van der Waals surface area contributed by atoms with E-state index in [2.05, 4.69) is 10.5 Å². The number of nitrogens with zero attached hydrogens (tertiary/aromatic N) is 1. The van der Waals surface area contributed by atoms with Crippen LogP contribution in [0.1, 0.15) is 18.6 Å². The molecule has 2 atom stereocenters. The number of benzene rings is 3. The van der Waals surface area contributed by atoms with Crippen LogP contribution in [0.4, 0.5) is 10.5 Å². The van der Waals surface area contributed by atoms with E-state index in [1.54, 1.807) is 37.3 Å². The predicted octanol–water partition coefficient (Wildman–Crippen LogP) is 6.20. The number of carboxylic acids is 1. The maximum atomic E-state index is 12.5. The van der Waals surface area contributed by atoms with Gasteiger partial charge in [0.05, 0.1) is 0 Å². The molecule has 0 spiro atoms. The van der Waals surface area contributed by atoms with E-state index in [-0.39, 0.29) is 6.61 Å². The minimum Gasteiger partial charge on any atom is -0.485 e. The SMILES string of the molecule is CC(OC(=O)Nc1conc1-c1ccc(-c2ccc3c(c2)OCC(C(=O)O)O3)cc1)c1ccccc1Cl. The number of hydrogen-bond acceptors (Lipinski definition) is 7. The Morgan fingerprint density at radius 1 is 1.05 bits per heavy atom. The van der Waals surface area contributed by atoms with Gasteiger partial charge in [-0.1, -0.05) is 65.3 Å².